The van der Waals surface area contributed by atoms with Gasteiger partial charge in [-0.3, -0.25) is 4.79 Å². The highest BCUT2D eigenvalue weighted by molar-refractivity contribution is 7.89. The smallest absolute Gasteiger partial charge is 0.303 e. The van der Waals surface area contributed by atoms with E-state index in [0.29, 0.717) is 25.2 Å². The van der Waals surface area contributed by atoms with Crippen LogP contribution in [0.5, 0.6) is 0 Å². The summed E-state index contributed by atoms with van der Waals surface area (Å²) in [4.78, 5) is 14.7. The van der Waals surface area contributed by atoms with E-state index in [4.69, 9.17) is 5.11 Å². The Kier molecular flexibility index (Phi) is 5.23. The number of hydrogen-bond donors (Lipinski definition) is 1. The van der Waals surface area contributed by atoms with Crippen LogP contribution in [0.4, 0.5) is 0 Å². The predicted molar refractivity (Wildman–Crippen MR) is 81.0 cm³/mol. The largest absolute Gasteiger partial charge is 0.481 e. The minimum absolute atomic E-state index is 0.0786. The molecule has 0 radical (unpaired) electrons. The number of carbonyl (C=O) groups is 1. The lowest BCUT2D eigenvalue weighted by Gasteiger charge is -2.34. The lowest BCUT2D eigenvalue weighted by Crippen LogP contribution is -2.44. The molecule has 0 saturated carbocycles. The van der Waals surface area contributed by atoms with Crippen molar-refractivity contribution >= 4 is 16.0 Å². The van der Waals surface area contributed by atoms with Gasteiger partial charge in [0, 0.05) is 26.1 Å². The molecule has 0 bridgehead atoms. The van der Waals surface area contributed by atoms with Crippen molar-refractivity contribution in [2.24, 2.45) is 7.05 Å². The molecule has 2 rings (SSSR count). The molecule has 1 unspecified atom stereocenters. The van der Waals surface area contributed by atoms with Crippen LogP contribution in [0.25, 0.3) is 0 Å². The van der Waals surface area contributed by atoms with Crippen LogP contribution in [0.1, 0.15) is 44.3 Å². The lowest BCUT2D eigenvalue weighted by molar-refractivity contribution is -0.137. The van der Waals surface area contributed by atoms with E-state index in [-0.39, 0.29) is 17.5 Å². The molecular weight excluding hydrogens is 306 g/mol. The molecule has 7 nitrogen and oxygen atoms in total. The Morgan fingerprint density at radius 1 is 1.45 bits per heavy atom. The van der Waals surface area contributed by atoms with E-state index in [2.05, 4.69) is 4.98 Å². The Morgan fingerprint density at radius 2 is 2.18 bits per heavy atom. The molecule has 1 atom stereocenters. The third kappa shape index (κ3) is 3.49. The second kappa shape index (κ2) is 6.78. The van der Waals surface area contributed by atoms with Crippen LogP contribution in [0, 0.1) is 6.92 Å². The zero-order chi connectivity index (χ0) is 16.3. The number of carboxylic acids is 1. The SMILES string of the molecule is Cc1ncc(S(=O)(=O)N2CCCCC2CCCC(=O)O)n1C. The van der Waals surface area contributed by atoms with Gasteiger partial charge in [0.2, 0.25) is 0 Å². The van der Waals surface area contributed by atoms with E-state index in [0.717, 1.165) is 19.3 Å². The van der Waals surface area contributed by atoms with Crippen LogP contribution >= 0.6 is 0 Å². The van der Waals surface area contributed by atoms with Crippen molar-refractivity contribution < 1.29 is 18.3 Å². The zero-order valence-electron chi connectivity index (χ0n) is 13.0. The molecule has 0 amide bonds. The second-order valence-corrected chi connectivity index (χ2v) is 7.59. The van der Waals surface area contributed by atoms with Crippen molar-refractivity contribution in [3.05, 3.63) is 12.0 Å². The third-order valence-electron chi connectivity index (χ3n) is 4.25. The summed E-state index contributed by atoms with van der Waals surface area (Å²) in [5, 5.41) is 8.95. The first-order chi connectivity index (χ1) is 10.3. The number of nitrogens with zero attached hydrogens (tertiary/aromatic N) is 3. The second-order valence-electron chi connectivity index (χ2n) is 5.75. The van der Waals surface area contributed by atoms with Crippen molar-refractivity contribution in [3.63, 3.8) is 0 Å². The maximum Gasteiger partial charge on any atom is 0.303 e. The standard InChI is InChI=1S/C14H23N3O4S/c1-11-15-10-13(16(11)2)22(20,21)17-9-4-3-6-12(17)7-5-8-14(18)19/h10,12H,3-9H2,1-2H3,(H,18,19). The van der Waals surface area contributed by atoms with Gasteiger partial charge in [-0.25, -0.2) is 13.4 Å². The van der Waals surface area contributed by atoms with E-state index in [1.165, 1.54) is 10.5 Å². The Morgan fingerprint density at radius 3 is 2.77 bits per heavy atom. The number of aryl methyl sites for hydroxylation is 1. The number of aliphatic carboxylic acids is 1. The molecule has 8 heteroatoms. The molecule has 22 heavy (non-hydrogen) atoms. The van der Waals surface area contributed by atoms with Gasteiger partial charge in [0.25, 0.3) is 10.0 Å². The van der Waals surface area contributed by atoms with Crippen molar-refractivity contribution in [2.45, 2.75) is 56.5 Å². The topological polar surface area (TPSA) is 92.5 Å². The van der Waals surface area contributed by atoms with Gasteiger partial charge in [0.15, 0.2) is 5.03 Å². The van der Waals surface area contributed by atoms with Crippen LogP contribution in [0.2, 0.25) is 0 Å². The third-order valence-corrected chi connectivity index (χ3v) is 6.26. The Balaban J connectivity index is 2.19. The summed E-state index contributed by atoms with van der Waals surface area (Å²) >= 11 is 0. The molecule has 1 aromatic rings. The summed E-state index contributed by atoms with van der Waals surface area (Å²) in [5.41, 5.74) is 0. The molecule has 1 saturated heterocycles. The van der Waals surface area contributed by atoms with E-state index in [1.807, 2.05) is 0 Å². The first-order valence-corrected chi connectivity index (χ1v) is 9.00. The summed E-state index contributed by atoms with van der Waals surface area (Å²) in [6.07, 6.45) is 5.16. The Labute approximate surface area is 131 Å². The molecule has 0 aromatic carbocycles. The zero-order valence-corrected chi connectivity index (χ0v) is 13.8. The molecule has 1 aliphatic heterocycles. The van der Waals surface area contributed by atoms with E-state index in [1.54, 1.807) is 18.5 Å². The van der Waals surface area contributed by atoms with E-state index < -0.39 is 16.0 Å². The fourth-order valence-electron chi connectivity index (χ4n) is 2.91. The molecule has 2 heterocycles. The maximum atomic E-state index is 12.9. The first-order valence-electron chi connectivity index (χ1n) is 7.56. The van der Waals surface area contributed by atoms with Gasteiger partial charge in [-0.15, -0.1) is 0 Å². The first kappa shape index (κ1) is 17.0. The van der Waals surface area contributed by atoms with Crippen LogP contribution < -0.4 is 0 Å². The van der Waals surface area contributed by atoms with E-state index in [9.17, 15) is 13.2 Å². The summed E-state index contributed by atoms with van der Waals surface area (Å²) < 4.78 is 28.9. The number of rotatable bonds is 6. The molecule has 1 aliphatic rings. The fourth-order valence-corrected chi connectivity index (χ4v) is 4.79. The lowest BCUT2D eigenvalue weighted by atomic mass is 10.00. The Bertz CT molecular complexity index is 639. The molecule has 0 spiro atoms. The van der Waals surface area contributed by atoms with Gasteiger partial charge < -0.3 is 9.67 Å². The summed E-state index contributed by atoms with van der Waals surface area (Å²) in [6, 6.07) is -0.117. The minimum atomic E-state index is -3.59. The van der Waals surface area contributed by atoms with E-state index >= 15 is 0 Å². The summed E-state index contributed by atoms with van der Waals surface area (Å²) in [6.45, 7) is 2.25. The van der Waals surface area contributed by atoms with Crippen molar-refractivity contribution in [2.75, 3.05) is 6.54 Å². The molecule has 1 aromatic heterocycles. The molecular formula is C14H23N3O4S. The van der Waals surface area contributed by atoms with Gasteiger partial charge in [-0.2, -0.15) is 4.31 Å². The highest BCUT2D eigenvalue weighted by Gasteiger charge is 2.35. The van der Waals surface area contributed by atoms with Crippen molar-refractivity contribution in [1.29, 1.82) is 0 Å². The van der Waals surface area contributed by atoms with Crippen LogP contribution in [-0.2, 0) is 21.9 Å². The van der Waals surface area contributed by atoms with Gasteiger partial charge in [-0.1, -0.05) is 6.42 Å². The molecule has 1 N–H and O–H groups in total. The summed E-state index contributed by atoms with van der Waals surface area (Å²) in [7, 11) is -1.89. The monoisotopic (exact) mass is 329 g/mol. The van der Waals surface area contributed by atoms with Crippen LogP contribution in [0.3, 0.4) is 0 Å². The number of carboxylic acid groups (broad SMARTS) is 1. The average molecular weight is 329 g/mol. The Hall–Kier alpha value is -1.41. The summed E-state index contributed by atoms with van der Waals surface area (Å²) in [5.74, 6) is -0.189. The number of sulfonamides is 1. The van der Waals surface area contributed by atoms with Crippen molar-refractivity contribution in [3.8, 4) is 0 Å². The number of hydrogen-bond acceptors (Lipinski definition) is 4. The quantitative estimate of drug-likeness (QED) is 0.854. The van der Waals surface area contributed by atoms with Gasteiger partial charge >= 0.3 is 5.97 Å². The van der Waals surface area contributed by atoms with Gasteiger partial charge in [0.1, 0.15) is 5.82 Å². The molecule has 0 aliphatic carbocycles. The van der Waals surface area contributed by atoms with Gasteiger partial charge in [-0.05, 0) is 32.6 Å². The molecule has 1 fully saturated rings. The highest BCUT2D eigenvalue weighted by atomic mass is 32.2. The number of imidazole rings is 1. The number of aromatic nitrogens is 2. The average Bonchev–Trinajstić information content (AvgIpc) is 2.79. The predicted octanol–water partition coefficient (Wildman–Crippen LogP) is 1.53. The van der Waals surface area contributed by atoms with Crippen LogP contribution in [-0.4, -0.2) is 45.9 Å². The van der Waals surface area contributed by atoms with Crippen LogP contribution in [0.15, 0.2) is 11.2 Å². The maximum absolute atomic E-state index is 12.9. The normalized spacial score (nSPS) is 20.2. The highest BCUT2D eigenvalue weighted by Crippen LogP contribution is 2.28. The number of piperidine rings is 1. The van der Waals surface area contributed by atoms with Crippen molar-refractivity contribution in [1.82, 2.24) is 13.9 Å². The minimum Gasteiger partial charge on any atom is -0.481 e. The van der Waals surface area contributed by atoms with Gasteiger partial charge in [0.05, 0.1) is 6.20 Å². The fraction of sp³-hybridized carbons (Fsp3) is 0.714. The molecule has 124 valence electrons.